The number of thioether (sulfide) groups is 1. The lowest BCUT2D eigenvalue weighted by atomic mass is 9.97. The number of nitrogens with zero attached hydrogens (tertiary/aromatic N) is 3. The molecule has 2 bridgehead atoms. The average molecular weight is 345 g/mol. The van der Waals surface area contributed by atoms with Gasteiger partial charge in [0.15, 0.2) is 0 Å². The molecule has 0 N–H and O–H groups in total. The van der Waals surface area contributed by atoms with Gasteiger partial charge in [-0.05, 0) is 56.0 Å². The largest absolute Gasteiger partial charge is 0.336 e. The smallest absolute Gasteiger partial charge is 0.233 e. The van der Waals surface area contributed by atoms with E-state index in [-0.39, 0.29) is 11.7 Å². The molecule has 2 unspecified atom stereocenters. The SMILES string of the molecule is O=C(CSc1ccc(F)cc1)N1C2CCC1CC(n1cccn1)C2. The maximum Gasteiger partial charge on any atom is 0.233 e. The number of hydrogen-bond donors (Lipinski definition) is 0. The summed E-state index contributed by atoms with van der Waals surface area (Å²) in [5, 5.41) is 4.37. The second kappa shape index (κ2) is 6.59. The Balaban J connectivity index is 1.38. The number of halogens is 1. The van der Waals surface area contributed by atoms with E-state index in [0.717, 1.165) is 30.6 Å². The topological polar surface area (TPSA) is 38.1 Å². The number of rotatable bonds is 4. The van der Waals surface area contributed by atoms with Gasteiger partial charge < -0.3 is 4.90 Å². The molecule has 24 heavy (non-hydrogen) atoms. The highest BCUT2D eigenvalue weighted by Crippen LogP contribution is 2.41. The van der Waals surface area contributed by atoms with Crippen molar-refractivity contribution >= 4 is 17.7 Å². The van der Waals surface area contributed by atoms with Crippen molar-refractivity contribution in [2.24, 2.45) is 0 Å². The molecule has 2 aromatic rings. The predicted molar refractivity (Wildman–Crippen MR) is 91.3 cm³/mol. The van der Waals surface area contributed by atoms with Gasteiger partial charge in [0.05, 0.1) is 11.8 Å². The van der Waals surface area contributed by atoms with E-state index >= 15 is 0 Å². The number of piperidine rings is 1. The summed E-state index contributed by atoms with van der Waals surface area (Å²) >= 11 is 1.49. The molecule has 1 amide bonds. The summed E-state index contributed by atoms with van der Waals surface area (Å²) < 4.78 is 15.0. The van der Waals surface area contributed by atoms with Crippen LogP contribution in [0.5, 0.6) is 0 Å². The van der Waals surface area contributed by atoms with Gasteiger partial charge in [0, 0.05) is 29.4 Å². The third-order valence-corrected chi connectivity index (χ3v) is 6.07. The minimum Gasteiger partial charge on any atom is -0.336 e. The standard InChI is InChI=1S/C18H20FN3OS/c19-13-2-6-17(7-3-13)24-12-18(23)22-14-4-5-15(22)11-16(10-14)21-9-1-8-20-21/h1-3,6-9,14-16H,4-5,10-12H2. The van der Waals surface area contributed by atoms with Crippen molar-refractivity contribution in [3.63, 3.8) is 0 Å². The van der Waals surface area contributed by atoms with E-state index < -0.39 is 0 Å². The van der Waals surface area contributed by atoms with Crippen molar-refractivity contribution in [1.29, 1.82) is 0 Å². The summed E-state index contributed by atoms with van der Waals surface area (Å²) in [4.78, 5) is 15.7. The molecule has 0 saturated carbocycles. The van der Waals surface area contributed by atoms with Gasteiger partial charge in [-0.1, -0.05) is 0 Å². The van der Waals surface area contributed by atoms with Crippen LogP contribution >= 0.6 is 11.8 Å². The first kappa shape index (κ1) is 15.7. The van der Waals surface area contributed by atoms with Crippen LogP contribution < -0.4 is 0 Å². The van der Waals surface area contributed by atoms with Crippen molar-refractivity contribution in [2.45, 2.75) is 48.7 Å². The van der Waals surface area contributed by atoms with E-state index in [1.165, 1.54) is 23.9 Å². The Morgan fingerprint density at radius 1 is 1.17 bits per heavy atom. The summed E-state index contributed by atoms with van der Waals surface area (Å²) in [6, 6.07) is 9.36. The summed E-state index contributed by atoms with van der Waals surface area (Å²) in [7, 11) is 0. The molecular formula is C18H20FN3OS. The van der Waals surface area contributed by atoms with Crippen LogP contribution in [0.4, 0.5) is 4.39 Å². The van der Waals surface area contributed by atoms with Crippen molar-refractivity contribution < 1.29 is 9.18 Å². The quantitative estimate of drug-likeness (QED) is 0.796. The van der Waals surface area contributed by atoms with Gasteiger partial charge in [-0.2, -0.15) is 5.10 Å². The molecule has 3 heterocycles. The molecule has 2 aliphatic rings. The highest BCUT2D eigenvalue weighted by atomic mass is 32.2. The molecule has 0 aliphatic carbocycles. The number of benzene rings is 1. The summed E-state index contributed by atoms with van der Waals surface area (Å²) in [6.45, 7) is 0. The van der Waals surface area contributed by atoms with Crippen molar-refractivity contribution in [2.75, 3.05) is 5.75 Å². The van der Waals surface area contributed by atoms with E-state index in [0.29, 0.717) is 23.9 Å². The average Bonchev–Trinajstić information content (AvgIpc) is 3.21. The lowest BCUT2D eigenvalue weighted by Gasteiger charge is -2.39. The van der Waals surface area contributed by atoms with Crippen LogP contribution in [0, 0.1) is 5.82 Å². The van der Waals surface area contributed by atoms with E-state index in [1.54, 1.807) is 12.1 Å². The molecule has 6 heteroatoms. The molecule has 2 fully saturated rings. The maximum atomic E-state index is 12.9. The lowest BCUT2D eigenvalue weighted by molar-refractivity contribution is -0.133. The molecule has 2 saturated heterocycles. The minimum atomic E-state index is -0.246. The van der Waals surface area contributed by atoms with Crippen LogP contribution in [-0.2, 0) is 4.79 Å². The Kier molecular flexibility index (Phi) is 4.31. The van der Waals surface area contributed by atoms with Gasteiger partial charge in [0.1, 0.15) is 5.82 Å². The van der Waals surface area contributed by atoms with Crippen molar-refractivity contribution in [3.8, 4) is 0 Å². The number of amides is 1. The van der Waals surface area contributed by atoms with Gasteiger partial charge in [0.25, 0.3) is 0 Å². The van der Waals surface area contributed by atoms with Crippen LogP contribution in [0.3, 0.4) is 0 Å². The molecule has 4 rings (SSSR count). The Morgan fingerprint density at radius 2 is 1.88 bits per heavy atom. The van der Waals surface area contributed by atoms with Gasteiger partial charge in [-0.3, -0.25) is 9.48 Å². The normalized spacial score (nSPS) is 25.9. The summed E-state index contributed by atoms with van der Waals surface area (Å²) in [5.41, 5.74) is 0. The van der Waals surface area contributed by atoms with E-state index in [4.69, 9.17) is 0 Å². The van der Waals surface area contributed by atoms with Gasteiger partial charge in [-0.15, -0.1) is 11.8 Å². The Morgan fingerprint density at radius 3 is 2.50 bits per heavy atom. The molecular weight excluding hydrogens is 325 g/mol. The molecule has 1 aromatic carbocycles. The second-order valence-corrected chi connectivity index (χ2v) is 7.59. The van der Waals surface area contributed by atoms with Gasteiger partial charge >= 0.3 is 0 Å². The molecule has 0 radical (unpaired) electrons. The molecule has 0 spiro atoms. The van der Waals surface area contributed by atoms with Crippen molar-refractivity contribution in [3.05, 3.63) is 48.5 Å². The Bertz CT molecular complexity index is 690. The fourth-order valence-corrected chi connectivity index (χ4v) is 4.79. The molecule has 126 valence electrons. The van der Waals surface area contributed by atoms with Crippen LogP contribution in [-0.4, -0.2) is 38.4 Å². The first-order valence-corrected chi connectivity index (χ1v) is 9.38. The van der Waals surface area contributed by atoms with Crippen molar-refractivity contribution in [1.82, 2.24) is 14.7 Å². The fourth-order valence-electron chi connectivity index (χ4n) is 4.02. The zero-order chi connectivity index (χ0) is 16.5. The van der Waals surface area contributed by atoms with Gasteiger partial charge in [0.2, 0.25) is 5.91 Å². The third kappa shape index (κ3) is 3.07. The maximum absolute atomic E-state index is 12.9. The number of carbonyl (C=O) groups is 1. The molecule has 4 nitrogen and oxygen atoms in total. The zero-order valence-electron chi connectivity index (χ0n) is 13.3. The third-order valence-electron chi connectivity index (χ3n) is 5.07. The van der Waals surface area contributed by atoms with E-state index in [9.17, 15) is 9.18 Å². The highest BCUT2D eigenvalue weighted by Gasteiger charge is 2.43. The lowest BCUT2D eigenvalue weighted by Crippen LogP contribution is -2.47. The van der Waals surface area contributed by atoms with Crippen LogP contribution in [0.15, 0.2) is 47.6 Å². The van der Waals surface area contributed by atoms with E-state index in [1.807, 2.05) is 23.1 Å². The minimum absolute atomic E-state index is 0.204. The first-order chi connectivity index (χ1) is 11.7. The zero-order valence-corrected chi connectivity index (χ0v) is 14.2. The van der Waals surface area contributed by atoms with E-state index in [2.05, 4.69) is 10.00 Å². The first-order valence-electron chi connectivity index (χ1n) is 8.39. The number of fused-ring (bicyclic) bond motifs is 2. The van der Waals surface area contributed by atoms with Crippen LogP contribution in [0.25, 0.3) is 0 Å². The van der Waals surface area contributed by atoms with Crippen LogP contribution in [0.2, 0.25) is 0 Å². The Hall–Kier alpha value is -1.82. The summed E-state index contributed by atoms with van der Waals surface area (Å²) in [6.07, 6.45) is 8.01. The molecule has 2 atom stereocenters. The molecule has 1 aromatic heterocycles. The van der Waals surface area contributed by atoms with Crippen LogP contribution in [0.1, 0.15) is 31.7 Å². The molecule has 2 aliphatic heterocycles. The van der Waals surface area contributed by atoms with Gasteiger partial charge in [-0.25, -0.2) is 4.39 Å². The monoisotopic (exact) mass is 345 g/mol. The highest BCUT2D eigenvalue weighted by molar-refractivity contribution is 8.00. The predicted octanol–water partition coefficient (Wildman–Crippen LogP) is 3.51. The number of hydrogen-bond acceptors (Lipinski definition) is 3. The summed E-state index contributed by atoms with van der Waals surface area (Å²) in [5.74, 6) is 0.380. The Labute approximate surface area is 145 Å². The fraction of sp³-hybridized carbons (Fsp3) is 0.444. The number of carbonyl (C=O) groups excluding carboxylic acids is 1. The second-order valence-electron chi connectivity index (χ2n) is 6.54. The number of aromatic nitrogens is 2.